The van der Waals surface area contributed by atoms with Crippen LogP contribution in [0.1, 0.15) is 19.3 Å². The molecule has 0 radical (unpaired) electrons. The molecule has 118 valence electrons. The Kier molecular flexibility index (Phi) is 4.29. The molecule has 2 fully saturated rings. The summed E-state index contributed by atoms with van der Waals surface area (Å²) < 4.78 is 0. The Bertz CT molecular complexity index is 550. The zero-order valence-corrected chi connectivity index (χ0v) is 12.5. The van der Waals surface area contributed by atoms with Crippen molar-refractivity contribution in [3.63, 3.8) is 0 Å². The van der Waals surface area contributed by atoms with Crippen LogP contribution in [0.2, 0.25) is 0 Å². The van der Waals surface area contributed by atoms with Crippen LogP contribution in [0.25, 0.3) is 0 Å². The minimum atomic E-state index is -0.354. The highest BCUT2D eigenvalue weighted by atomic mass is 16.3. The number of carbonyl (C=O) groups excluding carboxylic acids is 2. The maximum Gasteiger partial charge on any atom is 0.328 e. The monoisotopic (exact) mass is 303 g/mol. The van der Waals surface area contributed by atoms with E-state index in [2.05, 4.69) is 10.2 Å². The third-order valence-electron chi connectivity index (χ3n) is 4.45. The lowest BCUT2D eigenvalue weighted by Crippen LogP contribution is -2.49. The van der Waals surface area contributed by atoms with E-state index in [1.165, 1.54) is 0 Å². The maximum atomic E-state index is 11.8. The molecule has 6 heteroatoms. The number of rotatable bonds is 3. The molecule has 3 rings (SSSR count). The first-order valence-electron chi connectivity index (χ1n) is 7.74. The molecular weight excluding hydrogens is 282 g/mol. The largest absolute Gasteiger partial charge is 0.396 e. The van der Waals surface area contributed by atoms with Crippen LogP contribution in [0.15, 0.2) is 24.3 Å². The Hall–Kier alpha value is -2.08. The lowest BCUT2D eigenvalue weighted by Gasteiger charge is -2.33. The highest BCUT2D eigenvalue weighted by Crippen LogP contribution is 2.26. The first-order valence-corrected chi connectivity index (χ1v) is 7.74. The third-order valence-corrected chi connectivity index (χ3v) is 4.45. The molecule has 1 aromatic rings. The van der Waals surface area contributed by atoms with Crippen LogP contribution in [0, 0.1) is 5.92 Å². The van der Waals surface area contributed by atoms with Crippen LogP contribution < -0.4 is 15.1 Å². The summed E-state index contributed by atoms with van der Waals surface area (Å²) >= 11 is 0. The molecule has 0 saturated carbocycles. The maximum absolute atomic E-state index is 11.8. The summed E-state index contributed by atoms with van der Waals surface area (Å²) in [4.78, 5) is 26.9. The van der Waals surface area contributed by atoms with Gasteiger partial charge in [-0.3, -0.25) is 15.0 Å². The molecule has 0 spiro atoms. The Morgan fingerprint density at radius 3 is 2.27 bits per heavy atom. The van der Waals surface area contributed by atoms with Gasteiger partial charge in [0.05, 0.1) is 0 Å². The third kappa shape index (κ3) is 3.06. The van der Waals surface area contributed by atoms with E-state index in [9.17, 15) is 14.7 Å². The Morgan fingerprint density at radius 1 is 1.05 bits per heavy atom. The van der Waals surface area contributed by atoms with Crippen molar-refractivity contribution in [3.05, 3.63) is 24.3 Å². The van der Waals surface area contributed by atoms with Crippen LogP contribution in [0.3, 0.4) is 0 Å². The van der Waals surface area contributed by atoms with Gasteiger partial charge >= 0.3 is 6.03 Å². The van der Waals surface area contributed by atoms with Crippen molar-refractivity contribution >= 4 is 23.3 Å². The standard InChI is InChI=1S/C16H21N3O3/c20-11-12-5-8-18(9-6-12)13-1-3-14(4-2-13)19-10-7-15(21)17-16(19)22/h1-4,12,20H,5-11H2,(H,17,21,22). The number of anilines is 2. The van der Waals surface area contributed by atoms with Crippen molar-refractivity contribution in [2.45, 2.75) is 19.3 Å². The number of aliphatic hydroxyl groups is 1. The van der Waals surface area contributed by atoms with Crippen molar-refractivity contribution in [2.24, 2.45) is 5.92 Å². The zero-order valence-electron chi connectivity index (χ0n) is 12.5. The molecule has 2 heterocycles. The summed E-state index contributed by atoms with van der Waals surface area (Å²) in [5.41, 5.74) is 1.94. The van der Waals surface area contributed by atoms with Gasteiger partial charge in [0.2, 0.25) is 5.91 Å². The second kappa shape index (κ2) is 6.36. The van der Waals surface area contributed by atoms with Gasteiger partial charge in [-0.2, -0.15) is 0 Å². The molecule has 2 N–H and O–H groups in total. The lowest BCUT2D eigenvalue weighted by molar-refractivity contribution is -0.120. The van der Waals surface area contributed by atoms with Gasteiger partial charge in [0.25, 0.3) is 0 Å². The van der Waals surface area contributed by atoms with E-state index in [4.69, 9.17) is 0 Å². The molecule has 0 bridgehead atoms. The average molecular weight is 303 g/mol. The highest BCUT2D eigenvalue weighted by molar-refractivity contribution is 6.05. The minimum absolute atomic E-state index is 0.218. The van der Waals surface area contributed by atoms with E-state index < -0.39 is 0 Å². The highest BCUT2D eigenvalue weighted by Gasteiger charge is 2.24. The Morgan fingerprint density at radius 2 is 1.68 bits per heavy atom. The number of hydrogen-bond donors (Lipinski definition) is 2. The van der Waals surface area contributed by atoms with Gasteiger partial charge in [-0.15, -0.1) is 0 Å². The number of hydrogen-bond acceptors (Lipinski definition) is 4. The van der Waals surface area contributed by atoms with Crippen LogP contribution in [0.4, 0.5) is 16.2 Å². The van der Waals surface area contributed by atoms with Gasteiger partial charge in [-0.1, -0.05) is 0 Å². The quantitative estimate of drug-likeness (QED) is 0.884. The fourth-order valence-electron chi connectivity index (χ4n) is 3.03. The zero-order chi connectivity index (χ0) is 15.5. The van der Waals surface area contributed by atoms with Gasteiger partial charge in [-0.25, -0.2) is 4.79 Å². The molecular formula is C16H21N3O3. The summed E-state index contributed by atoms with van der Waals surface area (Å²) in [6, 6.07) is 7.51. The summed E-state index contributed by atoms with van der Waals surface area (Å²) in [6.45, 7) is 2.59. The van der Waals surface area contributed by atoms with Crippen LogP contribution in [-0.4, -0.2) is 43.3 Å². The normalized spacial score (nSPS) is 20.2. The number of carbonyl (C=O) groups is 2. The molecule has 0 aliphatic carbocycles. The van der Waals surface area contributed by atoms with Crippen molar-refractivity contribution < 1.29 is 14.7 Å². The van der Waals surface area contributed by atoms with Crippen molar-refractivity contribution in [3.8, 4) is 0 Å². The van der Waals surface area contributed by atoms with Gasteiger partial charge in [0.15, 0.2) is 0 Å². The van der Waals surface area contributed by atoms with E-state index in [0.717, 1.165) is 37.3 Å². The molecule has 6 nitrogen and oxygen atoms in total. The fourth-order valence-corrected chi connectivity index (χ4v) is 3.03. The Labute approximate surface area is 129 Å². The number of aliphatic hydroxyl groups excluding tert-OH is 1. The van der Waals surface area contributed by atoms with Crippen molar-refractivity contribution in [2.75, 3.05) is 36.0 Å². The number of imide groups is 1. The first-order chi connectivity index (χ1) is 10.7. The van der Waals surface area contributed by atoms with Crippen LogP contribution in [0.5, 0.6) is 0 Å². The topological polar surface area (TPSA) is 72.9 Å². The van der Waals surface area contributed by atoms with Crippen molar-refractivity contribution in [1.29, 1.82) is 0 Å². The first kappa shape index (κ1) is 14.8. The van der Waals surface area contributed by atoms with Crippen LogP contribution >= 0.6 is 0 Å². The molecule has 3 amide bonds. The smallest absolute Gasteiger partial charge is 0.328 e. The van der Waals surface area contributed by atoms with E-state index >= 15 is 0 Å². The predicted octanol–water partition coefficient (Wildman–Crippen LogP) is 1.34. The number of amides is 3. The van der Waals surface area contributed by atoms with Crippen molar-refractivity contribution in [1.82, 2.24) is 5.32 Å². The molecule has 0 aromatic heterocycles. The molecule has 2 saturated heterocycles. The fraction of sp³-hybridized carbons (Fsp3) is 0.500. The molecule has 1 aromatic carbocycles. The molecule has 0 atom stereocenters. The Balaban J connectivity index is 1.65. The number of benzene rings is 1. The molecule has 2 aliphatic heterocycles. The van der Waals surface area contributed by atoms with Gasteiger partial charge in [0.1, 0.15) is 0 Å². The van der Waals surface area contributed by atoms with Gasteiger partial charge < -0.3 is 10.0 Å². The van der Waals surface area contributed by atoms with Gasteiger partial charge in [0, 0.05) is 44.0 Å². The van der Waals surface area contributed by atoms with E-state index in [0.29, 0.717) is 18.9 Å². The minimum Gasteiger partial charge on any atom is -0.396 e. The second-order valence-corrected chi connectivity index (χ2v) is 5.88. The SMILES string of the molecule is O=C1CCN(c2ccc(N3CCC(CO)CC3)cc2)C(=O)N1. The predicted molar refractivity (Wildman–Crippen MR) is 84.0 cm³/mol. The average Bonchev–Trinajstić information content (AvgIpc) is 2.55. The summed E-state index contributed by atoms with van der Waals surface area (Å²) in [6.07, 6.45) is 2.35. The molecule has 0 unspecified atom stereocenters. The lowest BCUT2D eigenvalue weighted by atomic mass is 9.97. The summed E-state index contributed by atoms with van der Waals surface area (Å²) in [7, 11) is 0. The number of urea groups is 1. The number of piperidine rings is 1. The summed E-state index contributed by atoms with van der Waals surface area (Å²) in [5, 5.41) is 11.5. The number of nitrogens with zero attached hydrogens (tertiary/aromatic N) is 2. The second-order valence-electron chi connectivity index (χ2n) is 5.88. The van der Waals surface area contributed by atoms with E-state index in [-0.39, 0.29) is 18.5 Å². The number of nitrogens with one attached hydrogen (secondary N) is 1. The van der Waals surface area contributed by atoms with E-state index in [1.54, 1.807) is 4.90 Å². The van der Waals surface area contributed by atoms with E-state index in [1.807, 2.05) is 24.3 Å². The van der Waals surface area contributed by atoms with Gasteiger partial charge in [-0.05, 0) is 43.0 Å². The van der Waals surface area contributed by atoms with Crippen LogP contribution in [-0.2, 0) is 4.79 Å². The summed E-state index contributed by atoms with van der Waals surface area (Å²) in [5.74, 6) is 0.203. The molecule has 22 heavy (non-hydrogen) atoms. The molecule has 2 aliphatic rings.